The number of rotatable bonds is 5. The van der Waals surface area contributed by atoms with E-state index in [1.165, 1.54) is 11.0 Å². The Labute approximate surface area is 127 Å². The Morgan fingerprint density at radius 1 is 1.23 bits per heavy atom. The lowest BCUT2D eigenvalue weighted by Gasteiger charge is -2.13. The number of nitrogens with one attached hydrogen (secondary N) is 1. The molecule has 1 aromatic carbocycles. The van der Waals surface area contributed by atoms with Crippen LogP contribution in [-0.2, 0) is 20.9 Å². The topological polar surface area (TPSA) is 99.0 Å². The highest BCUT2D eigenvalue weighted by Crippen LogP contribution is 2.21. The molecule has 0 bridgehead atoms. The predicted molar refractivity (Wildman–Crippen MR) is 78.1 cm³/mol. The van der Waals surface area contributed by atoms with Crippen molar-refractivity contribution in [3.8, 4) is 0 Å². The molecule has 0 saturated carbocycles. The van der Waals surface area contributed by atoms with E-state index in [1.54, 1.807) is 0 Å². The molecule has 0 atom stereocenters. The second-order valence-electron chi connectivity index (χ2n) is 4.99. The third-order valence-electron chi connectivity index (χ3n) is 2.99. The average Bonchev–Trinajstić information content (AvgIpc) is 2.93. The summed E-state index contributed by atoms with van der Waals surface area (Å²) in [6.07, 6.45) is 1.29. The molecule has 1 aromatic heterocycles. The number of carbonyl (C=O) groups excluding carboxylic acids is 2. The summed E-state index contributed by atoms with van der Waals surface area (Å²) in [5, 5.41) is 13.1. The Morgan fingerprint density at radius 3 is 2.50 bits per heavy atom. The number of hydrogen-bond acceptors (Lipinski definition) is 6. The van der Waals surface area contributed by atoms with Gasteiger partial charge in [0.05, 0.1) is 0 Å². The second-order valence-corrected chi connectivity index (χ2v) is 4.99. The minimum absolute atomic E-state index is 0.136. The van der Waals surface area contributed by atoms with Crippen LogP contribution in [0.25, 0.3) is 0 Å². The van der Waals surface area contributed by atoms with Gasteiger partial charge in [-0.2, -0.15) is 0 Å². The van der Waals surface area contributed by atoms with E-state index in [1.807, 2.05) is 32.9 Å². The minimum atomic E-state index is -0.584. The van der Waals surface area contributed by atoms with Crippen LogP contribution in [0.3, 0.4) is 0 Å². The van der Waals surface area contributed by atoms with Gasteiger partial charge in [0.2, 0.25) is 0 Å². The zero-order valence-corrected chi connectivity index (χ0v) is 12.7. The molecule has 116 valence electrons. The van der Waals surface area contributed by atoms with Crippen molar-refractivity contribution >= 4 is 17.6 Å². The molecule has 22 heavy (non-hydrogen) atoms. The van der Waals surface area contributed by atoms with Gasteiger partial charge >= 0.3 is 5.97 Å². The lowest BCUT2D eigenvalue weighted by molar-refractivity contribution is -0.148. The number of aromatic nitrogens is 4. The molecule has 0 radical (unpaired) electrons. The van der Waals surface area contributed by atoms with Gasteiger partial charge in [0.25, 0.3) is 5.91 Å². The number of aryl methyl sites for hydroxylation is 3. The van der Waals surface area contributed by atoms with Gasteiger partial charge in [-0.1, -0.05) is 17.7 Å². The number of nitrogens with zero attached hydrogens (tertiary/aromatic N) is 4. The van der Waals surface area contributed by atoms with Crippen LogP contribution in [0.4, 0.5) is 5.69 Å². The SMILES string of the molecule is Cc1cc(C)c(NC(=O)COC(=O)Cn2cnnn2)c(C)c1. The second kappa shape index (κ2) is 6.79. The van der Waals surface area contributed by atoms with Crippen LogP contribution < -0.4 is 5.32 Å². The summed E-state index contributed by atoms with van der Waals surface area (Å²) in [5.41, 5.74) is 3.80. The molecule has 8 nitrogen and oxygen atoms in total. The molecular weight excluding hydrogens is 286 g/mol. The molecule has 0 aliphatic rings. The van der Waals surface area contributed by atoms with Crippen molar-refractivity contribution in [2.75, 3.05) is 11.9 Å². The molecule has 8 heteroatoms. The first-order valence-corrected chi connectivity index (χ1v) is 6.70. The quantitative estimate of drug-likeness (QED) is 0.819. The number of hydrogen-bond donors (Lipinski definition) is 1. The van der Waals surface area contributed by atoms with E-state index in [4.69, 9.17) is 4.74 Å². The van der Waals surface area contributed by atoms with Crippen LogP contribution in [-0.4, -0.2) is 38.7 Å². The fourth-order valence-electron chi connectivity index (χ4n) is 2.13. The van der Waals surface area contributed by atoms with E-state index in [0.29, 0.717) is 0 Å². The van der Waals surface area contributed by atoms with E-state index >= 15 is 0 Å². The summed E-state index contributed by atoms with van der Waals surface area (Å²) in [4.78, 5) is 23.4. The van der Waals surface area contributed by atoms with Crippen LogP contribution in [0.1, 0.15) is 16.7 Å². The highest BCUT2D eigenvalue weighted by atomic mass is 16.5. The van der Waals surface area contributed by atoms with Gasteiger partial charge in [-0.15, -0.1) is 5.10 Å². The van der Waals surface area contributed by atoms with Crippen molar-refractivity contribution < 1.29 is 14.3 Å². The third kappa shape index (κ3) is 4.11. The molecule has 0 fully saturated rings. The first kappa shape index (κ1) is 15.6. The molecule has 0 spiro atoms. The van der Waals surface area contributed by atoms with Gasteiger partial charge in [-0.3, -0.25) is 9.59 Å². The molecule has 2 rings (SSSR count). The largest absolute Gasteiger partial charge is 0.454 e. The van der Waals surface area contributed by atoms with Gasteiger partial charge in [0.15, 0.2) is 6.61 Å². The van der Waals surface area contributed by atoms with E-state index in [0.717, 1.165) is 22.4 Å². The highest BCUT2D eigenvalue weighted by Gasteiger charge is 2.11. The van der Waals surface area contributed by atoms with Gasteiger partial charge in [-0.05, 0) is 42.3 Å². The van der Waals surface area contributed by atoms with Crippen molar-refractivity contribution in [2.45, 2.75) is 27.3 Å². The fourth-order valence-corrected chi connectivity index (χ4v) is 2.13. The monoisotopic (exact) mass is 303 g/mol. The number of anilines is 1. The van der Waals surface area contributed by atoms with E-state index in [9.17, 15) is 9.59 Å². The molecule has 0 aliphatic carbocycles. The number of ether oxygens (including phenoxy) is 1. The summed E-state index contributed by atoms with van der Waals surface area (Å²) in [7, 11) is 0. The summed E-state index contributed by atoms with van der Waals surface area (Å²) < 4.78 is 6.10. The number of tetrazole rings is 1. The molecule has 0 saturated heterocycles. The maximum Gasteiger partial charge on any atom is 0.328 e. The lowest BCUT2D eigenvalue weighted by Crippen LogP contribution is -2.23. The number of amides is 1. The highest BCUT2D eigenvalue weighted by molar-refractivity contribution is 5.94. The van der Waals surface area contributed by atoms with Crippen LogP contribution in [0, 0.1) is 20.8 Å². The van der Waals surface area contributed by atoms with Crippen molar-refractivity contribution in [3.63, 3.8) is 0 Å². The Balaban J connectivity index is 1.87. The molecule has 2 aromatic rings. The van der Waals surface area contributed by atoms with Crippen LogP contribution in [0.2, 0.25) is 0 Å². The number of esters is 1. The smallest absolute Gasteiger partial charge is 0.328 e. The van der Waals surface area contributed by atoms with Crippen molar-refractivity contribution in [1.29, 1.82) is 0 Å². The lowest BCUT2D eigenvalue weighted by atomic mass is 10.1. The normalized spacial score (nSPS) is 10.3. The Bertz CT molecular complexity index is 659. The van der Waals surface area contributed by atoms with Crippen molar-refractivity contribution in [3.05, 3.63) is 35.2 Å². The van der Waals surface area contributed by atoms with Gasteiger partial charge < -0.3 is 10.1 Å². The van der Waals surface area contributed by atoms with E-state index in [-0.39, 0.29) is 19.1 Å². The fraction of sp³-hybridized carbons (Fsp3) is 0.357. The summed E-state index contributed by atoms with van der Waals surface area (Å²) in [6, 6.07) is 3.96. The summed E-state index contributed by atoms with van der Waals surface area (Å²) in [5.74, 6) is -0.972. The number of benzene rings is 1. The summed E-state index contributed by atoms with van der Waals surface area (Å²) in [6.45, 7) is 5.33. The minimum Gasteiger partial charge on any atom is -0.454 e. The molecule has 1 heterocycles. The first-order valence-electron chi connectivity index (χ1n) is 6.70. The molecule has 0 unspecified atom stereocenters. The molecule has 1 amide bonds. The summed E-state index contributed by atoms with van der Waals surface area (Å²) >= 11 is 0. The van der Waals surface area contributed by atoms with E-state index in [2.05, 4.69) is 20.8 Å². The maximum atomic E-state index is 11.9. The maximum absolute atomic E-state index is 11.9. The third-order valence-corrected chi connectivity index (χ3v) is 2.99. The standard InChI is InChI=1S/C14H17N5O3/c1-9-4-10(2)14(11(3)5-9)16-12(20)7-22-13(21)6-19-8-15-17-18-19/h4-5,8H,6-7H2,1-3H3,(H,16,20). The average molecular weight is 303 g/mol. The Hall–Kier alpha value is -2.77. The number of carbonyl (C=O) groups is 2. The van der Waals surface area contributed by atoms with Crippen LogP contribution in [0.15, 0.2) is 18.5 Å². The zero-order chi connectivity index (χ0) is 16.1. The zero-order valence-electron chi connectivity index (χ0n) is 12.7. The molecular formula is C14H17N5O3. The Morgan fingerprint density at radius 2 is 1.91 bits per heavy atom. The van der Waals surface area contributed by atoms with Gasteiger partial charge in [-0.25, -0.2) is 4.68 Å². The predicted octanol–water partition coefficient (Wildman–Crippen LogP) is 0.780. The van der Waals surface area contributed by atoms with Crippen molar-refractivity contribution in [1.82, 2.24) is 20.2 Å². The van der Waals surface area contributed by atoms with Crippen LogP contribution in [0.5, 0.6) is 0 Å². The molecule has 0 aliphatic heterocycles. The van der Waals surface area contributed by atoms with Gasteiger partial charge in [0, 0.05) is 5.69 Å². The molecule has 1 N–H and O–H groups in total. The van der Waals surface area contributed by atoms with Gasteiger partial charge in [0.1, 0.15) is 12.9 Å². The van der Waals surface area contributed by atoms with E-state index < -0.39 is 5.97 Å². The first-order chi connectivity index (χ1) is 10.5. The van der Waals surface area contributed by atoms with Crippen molar-refractivity contribution in [2.24, 2.45) is 0 Å². The Kier molecular flexibility index (Phi) is 4.82. The van der Waals surface area contributed by atoms with Crippen LogP contribution >= 0.6 is 0 Å².